The Morgan fingerprint density at radius 2 is 1.67 bits per heavy atom. The average Bonchev–Trinajstić information content (AvgIpc) is 3.18. The average molecular weight is 380 g/mol. The van der Waals surface area contributed by atoms with Crippen molar-refractivity contribution in [3.63, 3.8) is 0 Å². The van der Waals surface area contributed by atoms with Gasteiger partial charge in [-0.1, -0.05) is 6.92 Å². The summed E-state index contributed by atoms with van der Waals surface area (Å²) < 4.78 is 0. The molecule has 27 heavy (non-hydrogen) atoms. The Morgan fingerprint density at radius 1 is 1.07 bits per heavy atom. The van der Waals surface area contributed by atoms with Crippen molar-refractivity contribution in [2.75, 3.05) is 11.1 Å². The van der Waals surface area contributed by atoms with Gasteiger partial charge in [-0.05, 0) is 55.0 Å². The van der Waals surface area contributed by atoms with Crippen LogP contribution in [0.1, 0.15) is 50.8 Å². The molecule has 0 aliphatic rings. The number of nitrogens with one attached hydrogen (secondary N) is 1. The molecule has 7 heteroatoms. The molecule has 1 heterocycles. The number of ketones is 1. The van der Waals surface area contributed by atoms with Crippen LogP contribution >= 0.6 is 11.3 Å². The van der Waals surface area contributed by atoms with Crippen LogP contribution in [0.5, 0.6) is 0 Å². The molecule has 0 fully saturated rings. The number of benzene rings is 2. The van der Waals surface area contributed by atoms with Crippen LogP contribution in [0.4, 0.5) is 11.4 Å². The Labute approximate surface area is 161 Å². The Hall–Kier alpha value is -3.03. The highest BCUT2D eigenvalue weighted by Gasteiger charge is 2.15. The smallest absolute Gasteiger partial charge is 0.275 e. The van der Waals surface area contributed by atoms with Gasteiger partial charge in [0.15, 0.2) is 5.78 Å². The first-order valence-electron chi connectivity index (χ1n) is 8.50. The third-order valence-electron chi connectivity index (χ3n) is 4.09. The second-order valence-electron chi connectivity index (χ2n) is 6.07. The van der Waals surface area contributed by atoms with Crippen LogP contribution in [0.3, 0.4) is 0 Å². The van der Waals surface area contributed by atoms with Crippen LogP contribution in [0.2, 0.25) is 0 Å². The molecule has 0 saturated heterocycles. The fourth-order valence-electron chi connectivity index (χ4n) is 2.44. The molecule has 3 rings (SSSR count). The molecule has 0 bridgehead atoms. The third-order valence-corrected chi connectivity index (χ3v) is 5.07. The predicted molar refractivity (Wildman–Crippen MR) is 108 cm³/mol. The van der Waals surface area contributed by atoms with E-state index in [1.54, 1.807) is 53.9 Å². The number of carbonyl (C=O) groups is 2. The summed E-state index contributed by atoms with van der Waals surface area (Å²) in [7, 11) is 0. The lowest BCUT2D eigenvalue weighted by molar-refractivity contribution is 0.102. The summed E-state index contributed by atoms with van der Waals surface area (Å²) in [5.74, 6) is -0.413. The highest BCUT2D eigenvalue weighted by Crippen LogP contribution is 2.20. The fraction of sp³-hybridized carbons (Fsp3) is 0.150. The molecule has 0 aliphatic carbocycles. The van der Waals surface area contributed by atoms with Crippen LogP contribution in [-0.4, -0.2) is 16.7 Å². The molecular formula is C20H20N4O2S. The molecule has 6 nitrogen and oxygen atoms in total. The molecule has 2 aromatic carbocycles. The SMILES string of the molecule is CCC(N)c1nc(C(=O)Nc2ccc(C(=O)c3ccc(N)cc3)cc2)cs1. The number of hydrogen-bond acceptors (Lipinski definition) is 6. The first kappa shape index (κ1) is 18.8. The van der Waals surface area contributed by atoms with Gasteiger partial charge >= 0.3 is 0 Å². The van der Waals surface area contributed by atoms with E-state index in [0.29, 0.717) is 28.2 Å². The standard InChI is InChI=1S/C20H20N4O2S/c1-2-16(22)20-24-17(11-27-20)19(26)23-15-9-5-13(6-10-15)18(25)12-3-7-14(21)8-4-12/h3-11,16H,2,21-22H2,1H3,(H,23,26). The molecule has 3 aromatic rings. The molecule has 0 spiro atoms. The van der Waals surface area contributed by atoms with E-state index in [0.717, 1.165) is 11.4 Å². The number of anilines is 2. The molecule has 138 valence electrons. The van der Waals surface area contributed by atoms with Crippen LogP contribution in [0, 0.1) is 0 Å². The molecule has 1 unspecified atom stereocenters. The normalized spacial score (nSPS) is 11.8. The fourth-order valence-corrected chi connectivity index (χ4v) is 3.32. The molecule has 5 N–H and O–H groups in total. The lowest BCUT2D eigenvalue weighted by Crippen LogP contribution is -2.14. The second-order valence-corrected chi connectivity index (χ2v) is 6.96. The van der Waals surface area contributed by atoms with Crippen LogP contribution < -0.4 is 16.8 Å². The van der Waals surface area contributed by atoms with Gasteiger partial charge in [-0.2, -0.15) is 0 Å². The molecule has 1 amide bonds. The Balaban J connectivity index is 1.68. The van der Waals surface area contributed by atoms with E-state index in [1.165, 1.54) is 11.3 Å². The van der Waals surface area contributed by atoms with Crippen LogP contribution in [0.15, 0.2) is 53.9 Å². The number of carbonyl (C=O) groups excluding carboxylic acids is 2. The van der Waals surface area contributed by atoms with E-state index < -0.39 is 0 Å². The van der Waals surface area contributed by atoms with Gasteiger partial charge in [0, 0.05) is 27.9 Å². The Morgan fingerprint density at radius 3 is 2.26 bits per heavy atom. The largest absolute Gasteiger partial charge is 0.399 e. The summed E-state index contributed by atoms with van der Waals surface area (Å²) in [6.45, 7) is 1.97. The zero-order chi connectivity index (χ0) is 19.4. The van der Waals surface area contributed by atoms with Crippen molar-refractivity contribution in [2.24, 2.45) is 5.73 Å². The molecule has 0 radical (unpaired) electrons. The van der Waals surface area contributed by atoms with E-state index in [-0.39, 0.29) is 17.7 Å². The number of rotatable bonds is 6. The maximum absolute atomic E-state index is 12.5. The maximum atomic E-state index is 12.5. The van der Waals surface area contributed by atoms with E-state index in [9.17, 15) is 9.59 Å². The maximum Gasteiger partial charge on any atom is 0.275 e. The summed E-state index contributed by atoms with van der Waals surface area (Å²) in [6.07, 6.45) is 0.762. The van der Waals surface area contributed by atoms with E-state index >= 15 is 0 Å². The predicted octanol–water partition coefficient (Wildman–Crippen LogP) is 3.62. The highest BCUT2D eigenvalue weighted by molar-refractivity contribution is 7.09. The van der Waals surface area contributed by atoms with Gasteiger partial charge in [-0.25, -0.2) is 4.98 Å². The van der Waals surface area contributed by atoms with E-state index in [4.69, 9.17) is 11.5 Å². The molecule has 1 aromatic heterocycles. The minimum Gasteiger partial charge on any atom is -0.399 e. The zero-order valence-electron chi connectivity index (χ0n) is 14.8. The Bertz CT molecular complexity index is 949. The monoisotopic (exact) mass is 380 g/mol. The van der Waals surface area contributed by atoms with Crippen molar-refractivity contribution in [3.8, 4) is 0 Å². The summed E-state index contributed by atoms with van der Waals surface area (Å²) in [5, 5.41) is 5.21. The highest BCUT2D eigenvalue weighted by atomic mass is 32.1. The molecule has 1 atom stereocenters. The van der Waals surface area contributed by atoms with Crippen molar-refractivity contribution in [3.05, 3.63) is 75.7 Å². The van der Waals surface area contributed by atoms with Crippen molar-refractivity contribution in [1.29, 1.82) is 0 Å². The van der Waals surface area contributed by atoms with Crippen LogP contribution in [-0.2, 0) is 0 Å². The quantitative estimate of drug-likeness (QED) is 0.447. The minimum atomic E-state index is -0.307. The van der Waals surface area contributed by atoms with E-state index in [2.05, 4.69) is 10.3 Å². The van der Waals surface area contributed by atoms with E-state index in [1.807, 2.05) is 6.92 Å². The van der Waals surface area contributed by atoms with Gasteiger partial charge in [-0.15, -0.1) is 11.3 Å². The van der Waals surface area contributed by atoms with Gasteiger partial charge in [0.25, 0.3) is 5.91 Å². The first-order valence-corrected chi connectivity index (χ1v) is 9.38. The number of nitrogens with zero attached hydrogens (tertiary/aromatic N) is 1. The topological polar surface area (TPSA) is 111 Å². The Kier molecular flexibility index (Phi) is 5.63. The van der Waals surface area contributed by atoms with Gasteiger partial charge in [0.1, 0.15) is 10.7 Å². The minimum absolute atomic E-state index is 0.106. The number of thiazole rings is 1. The van der Waals surface area contributed by atoms with Gasteiger partial charge in [-0.3, -0.25) is 9.59 Å². The number of nitrogens with two attached hydrogens (primary N) is 2. The second kappa shape index (κ2) is 8.11. The number of nitrogen functional groups attached to an aromatic ring is 1. The number of amides is 1. The third kappa shape index (κ3) is 4.39. The van der Waals surface area contributed by atoms with Crippen LogP contribution in [0.25, 0.3) is 0 Å². The first-order chi connectivity index (χ1) is 13.0. The summed E-state index contributed by atoms with van der Waals surface area (Å²) in [6, 6.07) is 13.3. The number of aromatic nitrogens is 1. The van der Waals surface area contributed by atoms with Gasteiger partial charge in [0.2, 0.25) is 0 Å². The van der Waals surface area contributed by atoms with Gasteiger partial charge < -0.3 is 16.8 Å². The van der Waals surface area contributed by atoms with Crippen molar-refractivity contribution >= 4 is 34.4 Å². The molecule has 0 aliphatic heterocycles. The van der Waals surface area contributed by atoms with Gasteiger partial charge in [0.05, 0.1) is 6.04 Å². The number of hydrogen-bond donors (Lipinski definition) is 3. The molecule has 0 saturated carbocycles. The molecular weight excluding hydrogens is 360 g/mol. The zero-order valence-corrected chi connectivity index (χ0v) is 15.6. The summed E-state index contributed by atoms with van der Waals surface area (Å²) >= 11 is 1.38. The van der Waals surface area contributed by atoms with Crippen molar-refractivity contribution in [2.45, 2.75) is 19.4 Å². The lowest BCUT2D eigenvalue weighted by Gasteiger charge is -2.06. The van der Waals surface area contributed by atoms with Crippen molar-refractivity contribution < 1.29 is 9.59 Å². The summed E-state index contributed by atoms with van der Waals surface area (Å²) in [5.41, 5.74) is 14.2. The van der Waals surface area contributed by atoms with Crippen molar-refractivity contribution in [1.82, 2.24) is 4.98 Å². The summed E-state index contributed by atoms with van der Waals surface area (Å²) in [4.78, 5) is 29.1. The lowest BCUT2D eigenvalue weighted by atomic mass is 10.0.